The predicted octanol–water partition coefficient (Wildman–Crippen LogP) is 0.689. The van der Waals surface area contributed by atoms with Gasteiger partial charge in [0.15, 0.2) is 0 Å². The number of benzene rings is 1. The first-order valence-electron chi connectivity index (χ1n) is 6.10. The van der Waals surface area contributed by atoms with Crippen molar-refractivity contribution in [3.05, 3.63) is 29.8 Å². The molecule has 0 aromatic heterocycles. The molecule has 0 spiro atoms. The average Bonchev–Trinajstić information content (AvgIpc) is 2.32. The van der Waals surface area contributed by atoms with Crippen LogP contribution in [0.1, 0.15) is 5.56 Å². The Morgan fingerprint density at radius 1 is 1.47 bits per heavy atom. The molecule has 1 atom stereocenters. The maximum Gasteiger partial charge on any atom is 0.0826 e. The topological polar surface area (TPSA) is 50.5 Å². The standard InChI is InChI=1S/C13H21N3O/c1-16-6-7-17-12(10-16)9-15-8-11-4-2-3-5-13(11)14/h2-5,12,15H,6-10,14H2,1H3. The molecule has 1 unspecified atom stereocenters. The molecule has 0 radical (unpaired) electrons. The first-order valence-corrected chi connectivity index (χ1v) is 6.10. The monoisotopic (exact) mass is 235 g/mol. The lowest BCUT2D eigenvalue weighted by Gasteiger charge is -2.30. The SMILES string of the molecule is CN1CCOC(CNCc2ccccc2N)C1. The summed E-state index contributed by atoms with van der Waals surface area (Å²) < 4.78 is 5.68. The molecule has 1 aromatic carbocycles. The fourth-order valence-electron chi connectivity index (χ4n) is 2.05. The quantitative estimate of drug-likeness (QED) is 0.754. The van der Waals surface area contributed by atoms with E-state index < -0.39 is 0 Å². The van der Waals surface area contributed by atoms with E-state index in [1.54, 1.807) is 0 Å². The van der Waals surface area contributed by atoms with Crippen molar-refractivity contribution in [1.29, 1.82) is 0 Å². The predicted molar refractivity (Wildman–Crippen MR) is 69.8 cm³/mol. The number of nitrogens with two attached hydrogens (primary N) is 1. The van der Waals surface area contributed by atoms with E-state index >= 15 is 0 Å². The fraction of sp³-hybridized carbons (Fsp3) is 0.538. The van der Waals surface area contributed by atoms with Crippen LogP contribution in [0, 0.1) is 0 Å². The van der Waals surface area contributed by atoms with Crippen LogP contribution in [0.2, 0.25) is 0 Å². The van der Waals surface area contributed by atoms with E-state index in [1.807, 2.05) is 18.2 Å². The highest BCUT2D eigenvalue weighted by Crippen LogP contribution is 2.10. The molecule has 1 aliphatic heterocycles. The van der Waals surface area contributed by atoms with Gasteiger partial charge in [-0.05, 0) is 18.7 Å². The van der Waals surface area contributed by atoms with E-state index in [4.69, 9.17) is 10.5 Å². The average molecular weight is 235 g/mol. The maximum absolute atomic E-state index is 5.88. The Kier molecular flexibility index (Phi) is 4.36. The van der Waals surface area contributed by atoms with Crippen LogP contribution in [0.3, 0.4) is 0 Å². The van der Waals surface area contributed by atoms with Crippen molar-refractivity contribution in [3.63, 3.8) is 0 Å². The molecule has 0 aliphatic carbocycles. The Morgan fingerprint density at radius 2 is 2.29 bits per heavy atom. The van der Waals surface area contributed by atoms with Gasteiger partial charge in [0.05, 0.1) is 12.7 Å². The van der Waals surface area contributed by atoms with Gasteiger partial charge in [0.1, 0.15) is 0 Å². The molecule has 3 N–H and O–H groups in total. The molecular formula is C13H21N3O. The number of hydrogen-bond donors (Lipinski definition) is 2. The molecule has 1 heterocycles. The van der Waals surface area contributed by atoms with Gasteiger partial charge in [0.25, 0.3) is 0 Å². The molecular weight excluding hydrogens is 214 g/mol. The molecule has 2 rings (SSSR count). The number of rotatable bonds is 4. The lowest BCUT2D eigenvalue weighted by Crippen LogP contribution is -2.44. The third-order valence-corrected chi connectivity index (χ3v) is 3.08. The largest absolute Gasteiger partial charge is 0.398 e. The zero-order chi connectivity index (χ0) is 12.1. The van der Waals surface area contributed by atoms with Gasteiger partial charge in [0, 0.05) is 31.9 Å². The van der Waals surface area contributed by atoms with Gasteiger partial charge in [-0.3, -0.25) is 0 Å². The molecule has 17 heavy (non-hydrogen) atoms. The number of hydrogen-bond acceptors (Lipinski definition) is 4. The zero-order valence-electron chi connectivity index (χ0n) is 10.4. The Labute approximate surface area is 103 Å². The molecule has 0 amide bonds. The van der Waals surface area contributed by atoms with Crippen molar-refractivity contribution in [2.75, 3.05) is 39.0 Å². The van der Waals surface area contributed by atoms with Crippen LogP contribution in [-0.2, 0) is 11.3 Å². The van der Waals surface area contributed by atoms with Crippen LogP contribution in [0.5, 0.6) is 0 Å². The third kappa shape index (κ3) is 3.70. The lowest BCUT2D eigenvalue weighted by atomic mass is 10.2. The van der Waals surface area contributed by atoms with Crippen molar-refractivity contribution in [3.8, 4) is 0 Å². The minimum absolute atomic E-state index is 0.290. The second-order valence-corrected chi connectivity index (χ2v) is 4.58. The number of nitrogens with one attached hydrogen (secondary N) is 1. The highest BCUT2D eigenvalue weighted by molar-refractivity contribution is 5.46. The Morgan fingerprint density at radius 3 is 3.06 bits per heavy atom. The Balaban J connectivity index is 1.74. The molecule has 1 aliphatic rings. The summed E-state index contributed by atoms with van der Waals surface area (Å²) in [6.07, 6.45) is 0.290. The van der Waals surface area contributed by atoms with E-state index in [0.717, 1.165) is 44.0 Å². The summed E-state index contributed by atoms with van der Waals surface area (Å²) in [7, 11) is 2.13. The van der Waals surface area contributed by atoms with Crippen LogP contribution in [0.4, 0.5) is 5.69 Å². The number of para-hydroxylation sites is 1. The van der Waals surface area contributed by atoms with Crippen LogP contribution in [0.15, 0.2) is 24.3 Å². The summed E-state index contributed by atoms with van der Waals surface area (Å²) in [5.41, 5.74) is 7.88. The van der Waals surface area contributed by atoms with Crippen molar-refractivity contribution < 1.29 is 4.74 Å². The molecule has 0 saturated carbocycles. The number of ether oxygens (including phenoxy) is 1. The van der Waals surface area contributed by atoms with E-state index in [2.05, 4.69) is 23.3 Å². The molecule has 94 valence electrons. The van der Waals surface area contributed by atoms with Crippen LogP contribution >= 0.6 is 0 Å². The Hall–Kier alpha value is -1.10. The first kappa shape index (κ1) is 12.4. The zero-order valence-corrected chi connectivity index (χ0v) is 10.4. The molecule has 0 bridgehead atoms. The fourth-order valence-corrected chi connectivity index (χ4v) is 2.05. The van der Waals surface area contributed by atoms with E-state index in [0.29, 0.717) is 6.10 Å². The van der Waals surface area contributed by atoms with Crippen molar-refractivity contribution in [2.45, 2.75) is 12.6 Å². The molecule has 4 nitrogen and oxygen atoms in total. The smallest absolute Gasteiger partial charge is 0.0826 e. The molecule has 1 aromatic rings. The van der Waals surface area contributed by atoms with Gasteiger partial charge in [-0.1, -0.05) is 18.2 Å². The van der Waals surface area contributed by atoms with E-state index in [-0.39, 0.29) is 0 Å². The van der Waals surface area contributed by atoms with Gasteiger partial charge in [-0.25, -0.2) is 0 Å². The normalized spacial score (nSPS) is 21.6. The maximum atomic E-state index is 5.88. The van der Waals surface area contributed by atoms with Gasteiger partial charge in [-0.15, -0.1) is 0 Å². The highest BCUT2D eigenvalue weighted by atomic mass is 16.5. The highest BCUT2D eigenvalue weighted by Gasteiger charge is 2.16. The minimum atomic E-state index is 0.290. The number of nitrogens with zero attached hydrogens (tertiary/aromatic N) is 1. The first-order chi connectivity index (χ1) is 8.25. The lowest BCUT2D eigenvalue weighted by molar-refractivity contribution is -0.0182. The van der Waals surface area contributed by atoms with Gasteiger partial charge >= 0.3 is 0 Å². The van der Waals surface area contributed by atoms with Gasteiger partial charge < -0.3 is 20.7 Å². The number of morpholine rings is 1. The van der Waals surface area contributed by atoms with Crippen molar-refractivity contribution in [2.24, 2.45) is 0 Å². The summed E-state index contributed by atoms with van der Waals surface area (Å²) in [4.78, 5) is 2.30. The number of anilines is 1. The molecule has 1 fully saturated rings. The van der Waals surface area contributed by atoms with E-state index in [9.17, 15) is 0 Å². The van der Waals surface area contributed by atoms with Crippen LogP contribution < -0.4 is 11.1 Å². The van der Waals surface area contributed by atoms with Gasteiger partial charge in [0.2, 0.25) is 0 Å². The van der Waals surface area contributed by atoms with E-state index in [1.165, 1.54) is 0 Å². The number of nitrogen functional groups attached to an aromatic ring is 1. The summed E-state index contributed by atoms with van der Waals surface area (Å²) in [6.45, 7) is 4.53. The second-order valence-electron chi connectivity index (χ2n) is 4.58. The summed E-state index contributed by atoms with van der Waals surface area (Å²) in [5.74, 6) is 0. The Bertz CT molecular complexity index is 356. The summed E-state index contributed by atoms with van der Waals surface area (Å²) in [6, 6.07) is 7.95. The minimum Gasteiger partial charge on any atom is -0.398 e. The van der Waals surface area contributed by atoms with Crippen molar-refractivity contribution >= 4 is 5.69 Å². The summed E-state index contributed by atoms with van der Waals surface area (Å²) in [5, 5.41) is 3.40. The van der Waals surface area contributed by atoms with Gasteiger partial charge in [-0.2, -0.15) is 0 Å². The molecule has 4 heteroatoms. The van der Waals surface area contributed by atoms with Crippen LogP contribution in [0.25, 0.3) is 0 Å². The summed E-state index contributed by atoms with van der Waals surface area (Å²) >= 11 is 0. The van der Waals surface area contributed by atoms with Crippen LogP contribution in [-0.4, -0.2) is 44.3 Å². The third-order valence-electron chi connectivity index (χ3n) is 3.08. The second kappa shape index (κ2) is 6.00. The number of likely N-dealkylation sites (N-methyl/N-ethyl adjacent to an activating group) is 1. The molecule has 1 saturated heterocycles. The van der Waals surface area contributed by atoms with Crippen molar-refractivity contribution in [1.82, 2.24) is 10.2 Å².